The maximum Gasteiger partial charge on any atom is 0.242 e. The topological polar surface area (TPSA) is 66.6 Å². The van der Waals surface area contributed by atoms with Gasteiger partial charge < -0.3 is 15.7 Å². The SMILES string of the molecule is CC(N)(C(=O)N1CCC(CCO)C1)C1CC1. The first kappa shape index (κ1) is 11.9. The van der Waals surface area contributed by atoms with Crippen molar-refractivity contribution >= 4 is 5.91 Å². The van der Waals surface area contributed by atoms with E-state index < -0.39 is 5.54 Å². The second-order valence-corrected chi connectivity index (χ2v) is 5.48. The van der Waals surface area contributed by atoms with Gasteiger partial charge in [-0.3, -0.25) is 4.79 Å². The summed E-state index contributed by atoms with van der Waals surface area (Å²) in [6.45, 7) is 3.67. The van der Waals surface area contributed by atoms with Crippen molar-refractivity contribution in [3.63, 3.8) is 0 Å². The lowest BCUT2D eigenvalue weighted by Crippen LogP contribution is -2.54. The van der Waals surface area contributed by atoms with Crippen molar-refractivity contribution in [3.05, 3.63) is 0 Å². The van der Waals surface area contributed by atoms with Crippen molar-refractivity contribution < 1.29 is 9.90 Å². The van der Waals surface area contributed by atoms with Crippen molar-refractivity contribution in [1.82, 2.24) is 4.90 Å². The van der Waals surface area contributed by atoms with Crippen LogP contribution in [0.2, 0.25) is 0 Å². The molecule has 1 amide bonds. The van der Waals surface area contributed by atoms with Crippen LogP contribution in [-0.2, 0) is 4.79 Å². The summed E-state index contributed by atoms with van der Waals surface area (Å²) in [5.41, 5.74) is 5.47. The van der Waals surface area contributed by atoms with E-state index in [4.69, 9.17) is 10.8 Å². The third-order valence-corrected chi connectivity index (χ3v) is 4.00. The van der Waals surface area contributed by atoms with Crippen molar-refractivity contribution in [2.24, 2.45) is 17.6 Å². The van der Waals surface area contributed by atoms with E-state index in [-0.39, 0.29) is 12.5 Å². The zero-order valence-corrected chi connectivity index (χ0v) is 9.98. The number of carbonyl (C=O) groups excluding carboxylic acids is 1. The minimum atomic E-state index is -0.659. The van der Waals surface area contributed by atoms with Gasteiger partial charge in [0.15, 0.2) is 0 Å². The van der Waals surface area contributed by atoms with Gasteiger partial charge in [0.05, 0.1) is 5.54 Å². The monoisotopic (exact) mass is 226 g/mol. The Labute approximate surface area is 96.8 Å². The Kier molecular flexibility index (Phi) is 3.22. The number of amides is 1. The molecule has 1 aliphatic carbocycles. The Morgan fingerprint density at radius 3 is 2.75 bits per heavy atom. The number of aliphatic hydroxyl groups is 1. The van der Waals surface area contributed by atoms with Crippen molar-refractivity contribution in [3.8, 4) is 0 Å². The summed E-state index contributed by atoms with van der Waals surface area (Å²) in [4.78, 5) is 14.1. The van der Waals surface area contributed by atoms with Gasteiger partial charge in [0, 0.05) is 19.7 Å². The number of aliphatic hydroxyl groups excluding tert-OH is 1. The third-order valence-electron chi connectivity index (χ3n) is 4.00. The second kappa shape index (κ2) is 4.34. The Morgan fingerprint density at radius 2 is 2.19 bits per heavy atom. The predicted molar refractivity (Wildman–Crippen MR) is 61.7 cm³/mol. The van der Waals surface area contributed by atoms with Gasteiger partial charge in [-0.05, 0) is 44.4 Å². The average Bonchev–Trinajstić information content (AvgIpc) is 3.00. The molecule has 2 unspecified atom stereocenters. The Bertz CT molecular complexity index is 274. The van der Waals surface area contributed by atoms with Crippen LogP contribution in [0.1, 0.15) is 32.6 Å². The van der Waals surface area contributed by atoms with Crippen molar-refractivity contribution in [2.45, 2.75) is 38.1 Å². The van der Waals surface area contributed by atoms with Gasteiger partial charge in [-0.1, -0.05) is 0 Å². The molecule has 2 aliphatic rings. The highest BCUT2D eigenvalue weighted by Gasteiger charge is 2.46. The molecule has 3 N–H and O–H groups in total. The Hall–Kier alpha value is -0.610. The van der Waals surface area contributed by atoms with E-state index in [1.807, 2.05) is 11.8 Å². The molecule has 2 fully saturated rings. The fourth-order valence-electron chi connectivity index (χ4n) is 2.63. The first-order chi connectivity index (χ1) is 7.55. The number of hydrogen-bond donors (Lipinski definition) is 2. The van der Waals surface area contributed by atoms with Gasteiger partial charge in [0.1, 0.15) is 0 Å². The highest BCUT2D eigenvalue weighted by molar-refractivity contribution is 5.86. The van der Waals surface area contributed by atoms with Crippen molar-refractivity contribution in [1.29, 1.82) is 0 Å². The quantitative estimate of drug-likeness (QED) is 0.726. The number of nitrogens with zero attached hydrogens (tertiary/aromatic N) is 1. The van der Waals surface area contributed by atoms with E-state index in [9.17, 15) is 4.79 Å². The molecule has 0 aromatic heterocycles. The third kappa shape index (κ3) is 2.23. The normalized spacial score (nSPS) is 29.2. The summed E-state index contributed by atoms with van der Waals surface area (Å²) >= 11 is 0. The predicted octanol–water partition coefficient (Wildman–Crippen LogP) is 0.345. The molecule has 92 valence electrons. The molecule has 4 nitrogen and oxygen atoms in total. The van der Waals surface area contributed by atoms with Gasteiger partial charge in [-0.25, -0.2) is 0 Å². The molecule has 16 heavy (non-hydrogen) atoms. The van der Waals surface area contributed by atoms with Gasteiger partial charge >= 0.3 is 0 Å². The number of nitrogens with two attached hydrogens (primary N) is 1. The fraction of sp³-hybridized carbons (Fsp3) is 0.917. The van der Waals surface area contributed by atoms with Gasteiger partial charge in [0.25, 0.3) is 0 Å². The molecule has 0 bridgehead atoms. The van der Waals surface area contributed by atoms with Crippen LogP contribution in [0.5, 0.6) is 0 Å². The van der Waals surface area contributed by atoms with Crippen molar-refractivity contribution in [2.75, 3.05) is 19.7 Å². The van der Waals surface area contributed by atoms with Crippen LogP contribution in [0, 0.1) is 11.8 Å². The van der Waals surface area contributed by atoms with Gasteiger partial charge in [0.2, 0.25) is 5.91 Å². The Morgan fingerprint density at radius 1 is 1.50 bits per heavy atom. The molecular weight excluding hydrogens is 204 g/mol. The van der Waals surface area contributed by atoms with E-state index in [1.165, 1.54) is 0 Å². The van der Waals surface area contributed by atoms with E-state index in [0.717, 1.165) is 38.8 Å². The van der Waals surface area contributed by atoms with Crippen LogP contribution in [0.25, 0.3) is 0 Å². The minimum absolute atomic E-state index is 0.107. The molecule has 4 heteroatoms. The highest BCUT2D eigenvalue weighted by Crippen LogP contribution is 2.39. The highest BCUT2D eigenvalue weighted by atomic mass is 16.3. The summed E-state index contributed by atoms with van der Waals surface area (Å²) < 4.78 is 0. The van der Waals surface area contributed by atoms with Crippen LogP contribution in [0.4, 0.5) is 0 Å². The smallest absolute Gasteiger partial charge is 0.242 e. The zero-order valence-electron chi connectivity index (χ0n) is 9.98. The van der Waals surface area contributed by atoms with Crippen LogP contribution in [-0.4, -0.2) is 41.1 Å². The molecule has 1 aliphatic heterocycles. The lowest BCUT2D eigenvalue weighted by atomic mass is 9.95. The molecule has 1 heterocycles. The molecular formula is C12H22N2O2. The van der Waals surface area contributed by atoms with Crippen LogP contribution in [0.3, 0.4) is 0 Å². The maximum absolute atomic E-state index is 12.2. The molecule has 0 radical (unpaired) electrons. The van der Waals surface area contributed by atoms with Gasteiger partial charge in [-0.2, -0.15) is 0 Å². The van der Waals surface area contributed by atoms with Crippen LogP contribution >= 0.6 is 0 Å². The van der Waals surface area contributed by atoms with E-state index >= 15 is 0 Å². The molecule has 1 saturated carbocycles. The van der Waals surface area contributed by atoms with E-state index in [2.05, 4.69) is 0 Å². The first-order valence-electron chi connectivity index (χ1n) is 6.25. The van der Waals surface area contributed by atoms with Crippen LogP contribution in [0.15, 0.2) is 0 Å². The zero-order chi connectivity index (χ0) is 11.8. The average molecular weight is 226 g/mol. The summed E-state index contributed by atoms with van der Waals surface area (Å²) in [6.07, 6.45) is 3.99. The Balaban J connectivity index is 1.91. The summed E-state index contributed by atoms with van der Waals surface area (Å²) in [5.74, 6) is 0.955. The first-order valence-corrected chi connectivity index (χ1v) is 6.25. The molecule has 0 aromatic rings. The standard InChI is InChI=1S/C12H22N2O2/c1-12(13,10-2-3-10)11(16)14-6-4-9(8-14)5-7-15/h9-10,15H,2-8,13H2,1H3. The van der Waals surface area contributed by atoms with Crippen LogP contribution < -0.4 is 5.73 Å². The molecule has 0 spiro atoms. The maximum atomic E-state index is 12.2. The second-order valence-electron chi connectivity index (χ2n) is 5.48. The lowest BCUT2D eigenvalue weighted by molar-refractivity contribution is -0.136. The number of hydrogen-bond acceptors (Lipinski definition) is 3. The molecule has 2 atom stereocenters. The molecule has 1 saturated heterocycles. The number of carbonyl (C=O) groups is 1. The minimum Gasteiger partial charge on any atom is -0.396 e. The van der Waals surface area contributed by atoms with E-state index in [1.54, 1.807) is 0 Å². The number of likely N-dealkylation sites (tertiary alicyclic amines) is 1. The molecule has 0 aromatic carbocycles. The van der Waals surface area contributed by atoms with E-state index in [0.29, 0.717) is 11.8 Å². The fourth-order valence-corrected chi connectivity index (χ4v) is 2.63. The number of rotatable bonds is 4. The van der Waals surface area contributed by atoms with Gasteiger partial charge in [-0.15, -0.1) is 0 Å². The summed E-state index contributed by atoms with van der Waals surface area (Å²) in [7, 11) is 0. The largest absolute Gasteiger partial charge is 0.396 e. The summed E-state index contributed by atoms with van der Waals surface area (Å²) in [5, 5.41) is 8.88. The lowest BCUT2D eigenvalue weighted by Gasteiger charge is -2.29. The summed E-state index contributed by atoms with van der Waals surface area (Å²) in [6, 6.07) is 0. The molecule has 2 rings (SSSR count).